The van der Waals surface area contributed by atoms with E-state index in [4.69, 9.17) is 11.6 Å². The third kappa shape index (κ3) is 6.34. The number of nitrogens with one attached hydrogen (secondary N) is 1. The fourth-order valence-corrected chi connectivity index (χ4v) is 5.22. The van der Waals surface area contributed by atoms with Crippen molar-refractivity contribution in [1.29, 1.82) is 0 Å². The summed E-state index contributed by atoms with van der Waals surface area (Å²) in [6.45, 7) is 1.86. The quantitative estimate of drug-likeness (QED) is 0.294. The molecule has 0 fully saturated rings. The third-order valence-electron chi connectivity index (χ3n) is 3.56. The molecule has 5 nitrogen and oxygen atoms in total. The first-order valence-electron chi connectivity index (χ1n) is 8.33. The van der Waals surface area contributed by atoms with Crippen LogP contribution in [-0.2, 0) is 10.5 Å². The summed E-state index contributed by atoms with van der Waals surface area (Å²) in [7, 11) is 0. The van der Waals surface area contributed by atoms with Gasteiger partial charge in [-0.2, -0.15) is 5.10 Å². The smallest absolute Gasteiger partial charge is 0.250 e. The standard InChI is InChI=1S/C19H17ClN4OS3/c1-13(14-7-3-2-4-8-14)21-22-17(25)12-27-19-24-23-18(28-19)26-11-15-9-5-6-10-16(15)20/h2-10H,11-12H2,1H3,(H,22,25)/b21-13-. The lowest BCUT2D eigenvalue weighted by Gasteiger charge is -2.02. The first kappa shape index (κ1) is 20.9. The van der Waals surface area contributed by atoms with Crippen LogP contribution in [0.1, 0.15) is 18.1 Å². The summed E-state index contributed by atoms with van der Waals surface area (Å²) in [4.78, 5) is 12.0. The van der Waals surface area contributed by atoms with Crippen molar-refractivity contribution in [3.8, 4) is 0 Å². The van der Waals surface area contributed by atoms with E-state index >= 15 is 0 Å². The zero-order valence-corrected chi connectivity index (χ0v) is 18.2. The van der Waals surface area contributed by atoms with E-state index in [0.29, 0.717) is 0 Å². The van der Waals surface area contributed by atoms with Crippen molar-refractivity contribution < 1.29 is 4.79 Å². The second kappa shape index (κ2) is 10.6. The topological polar surface area (TPSA) is 67.2 Å². The maximum Gasteiger partial charge on any atom is 0.250 e. The zero-order valence-electron chi connectivity index (χ0n) is 15.0. The van der Waals surface area contributed by atoms with Crippen molar-refractivity contribution in [2.24, 2.45) is 5.10 Å². The van der Waals surface area contributed by atoms with Crippen LogP contribution in [0.15, 0.2) is 68.4 Å². The SMILES string of the molecule is C/C(=N/NC(=O)CSc1nnc(SCc2ccccc2Cl)s1)c1ccccc1. The number of hydrazone groups is 1. The summed E-state index contributed by atoms with van der Waals surface area (Å²) < 4.78 is 1.60. The van der Waals surface area contributed by atoms with Gasteiger partial charge >= 0.3 is 0 Å². The minimum absolute atomic E-state index is 0.180. The fraction of sp³-hybridized carbons (Fsp3) is 0.158. The van der Waals surface area contributed by atoms with Crippen LogP contribution in [0.4, 0.5) is 0 Å². The average molecular weight is 449 g/mol. The average Bonchev–Trinajstić information content (AvgIpc) is 3.18. The van der Waals surface area contributed by atoms with Crippen molar-refractivity contribution in [2.75, 3.05) is 5.75 Å². The van der Waals surface area contributed by atoms with Crippen molar-refractivity contribution in [2.45, 2.75) is 21.4 Å². The molecule has 1 heterocycles. The number of hydrogen-bond donors (Lipinski definition) is 1. The second-order valence-corrected chi connectivity index (χ2v) is 9.43. The van der Waals surface area contributed by atoms with E-state index in [2.05, 4.69) is 20.7 Å². The number of nitrogens with zero attached hydrogens (tertiary/aromatic N) is 3. The summed E-state index contributed by atoms with van der Waals surface area (Å²) in [6, 6.07) is 17.4. The molecule has 9 heteroatoms. The molecule has 3 rings (SSSR count). The van der Waals surface area contributed by atoms with Crippen LogP contribution in [0.2, 0.25) is 5.02 Å². The van der Waals surface area contributed by atoms with Gasteiger partial charge in [-0.3, -0.25) is 4.79 Å². The highest BCUT2D eigenvalue weighted by Crippen LogP contribution is 2.32. The molecule has 0 saturated heterocycles. The molecule has 144 valence electrons. The Morgan fingerprint density at radius 1 is 1.07 bits per heavy atom. The summed E-state index contributed by atoms with van der Waals surface area (Å²) >= 11 is 10.6. The number of hydrogen-bond acceptors (Lipinski definition) is 7. The van der Waals surface area contributed by atoms with E-state index in [-0.39, 0.29) is 11.7 Å². The Kier molecular flexibility index (Phi) is 7.90. The minimum atomic E-state index is -0.180. The molecule has 0 spiro atoms. The molecule has 0 aliphatic heterocycles. The van der Waals surface area contributed by atoms with Gasteiger partial charge < -0.3 is 0 Å². The van der Waals surface area contributed by atoms with Gasteiger partial charge in [0.1, 0.15) is 0 Å². The summed E-state index contributed by atoms with van der Waals surface area (Å²) in [5.74, 6) is 0.781. The normalized spacial score (nSPS) is 11.4. The number of thioether (sulfide) groups is 2. The number of aromatic nitrogens is 2. The largest absolute Gasteiger partial charge is 0.272 e. The first-order chi connectivity index (χ1) is 13.6. The highest BCUT2D eigenvalue weighted by Gasteiger charge is 2.09. The van der Waals surface area contributed by atoms with Gasteiger partial charge in [0.05, 0.1) is 11.5 Å². The molecule has 1 aromatic heterocycles. The van der Waals surface area contributed by atoms with E-state index in [9.17, 15) is 4.79 Å². The molecule has 0 aliphatic rings. The van der Waals surface area contributed by atoms with E-state index in [1.807, 2.05) is 61.5 Å². The lowest BCUT2D eigenvalue weighted by Crippen LogP contribution is -2.21. The Balaban J connectivity index is 1.45. The van der Waals surface area contributed by atoms with Gasteiger partial charge in [0.15, 0.2) is 8.68 Å². The zero-order chi connectivity index (χ0) is 19.8. The summed E-state index contributed by atoms with van der Waals surface area (Å²) in [6.07, 6.45) is 0. The Labute approximate surface area is 181 Å². The van der Waals surface area contributed by atoms with Crippen LogP contribution < -0.4 is 5.43 Å². The number of benzene rings is 2. The third-order valence-corrected chi connectivity index (χ3v) is 7.17. The predicted octanol–water partition coefficient (Wildman–Crippen LogP) is 5.12. The molecule has 0 saturated carbocycles. The molecule has 28 heavy (non-hydrogen) atoms. The summed E-state index contributed by atoms with van der Waals surface area (Å²) in [5, 5.41) is 13.2. The van der Waals surface area contributed by atoms with Crippen molar-refractivity contribution in [1.82, 2.24) is 15.6 Å². The number of amides is 1. The van der Waals surface area contributed by atoms with E-state index in [1.165, 1.54) is 23.1 Å². The van der Waals surface area contributed by atoms with Crippen molar-refractivity contribution in [3.05, 3.63) is 70.7 Å². The van der Waals surface area contributed by atoms with E-state index in [1.54, 1.807) is 11.8 Å². The lowest BCUT2D eigenvalue weighted by atomic mass is 10.1. The van der Waals surface area contributed by atoms with Gasteiger partial charge in [-0.05, 0) is 24.1 Å². The predicted molar refractivity (Wildman–Crippen MR) is 118 cm³/mol. The number of rotatable bonds is 8. The molecule has 0 radical (unpaired) electrons. The maximum atomic E-state index is 12.0. The van der Waals surface area contributed by atoms with Crippen LogP contribution in [0, 0.1) is 0 Å². The number of carbonyl (C=O) groups excluding carboxylic acids is 1. The maximum absolute atomic E-state index is 12.0. The molecular formula is C19H17ClN4OS3. The highest BCUT2D eigenvalue weighted by molar-refractivity contribution is 8.03. The van der Waals surface area contributed by atoms with Crippen LogP contribution in [0.25, 0.3) is 0 Å². The molecule has 0 bridgehead atoms. The second-order valence-electron chi connectivity index (χ2n) is 5.60. The van der Waals surface area contributed by atoms with Gasteiger partial charge in [-0.1, -0.05) is 95.0 Å². The van der Waals surface area contributed by atoms with Crippen LogP contribution >= 0.6 is 46.5 Å². The molecule has 2 aromatic carbocycles. The Bertz CT molecular complexity index is 963. The molecule has 3 aromatic rings. The fourth-order valence-electron chi connectivity index (χ4n) is 2.12. The lowest BCUT2D eigenvalue weighted by molar-refractivity contribution is -0.118. The van der Waals surface area contributed by atoms with Crippen molar-refractivity contribution in [3.63, 3.8) is 0 Å². The molecule has 1 amide bonds. The molecule has 0 atom stereocenters. The molecule has 0 aliphatic carbocycles. The Morgan fingerprint density at radius 2 is 1.75 bits per heavy atom. The van der Waals surface area contributed by atoms with Crippen LogP contribution in [0.3, 0.4) is 0 Å². The van der Waals surface area contributed by atoms with Crippen molar-refractivity contribution >= 4 is 58.1 Å². The van der Waals surface area contributed by atoms with Gasteiger partial charge in [-0.15, -0.1) is 10.2 Å². The van der Waals surface area contributed by atoms with Gasteiger partial charge in [0.2, 0.25) is 0 Å². The monoisotopic (exact) mass is 448 g/mol. The molecular weight excluding hydrogens is 432 g/mol. The van der Waals surface area contributed by atoms with E-state index < -0.39 is 0 Å². The molecule has 0 unspecified atom stereocenters. The van der Waals surface area contributed by atoms with Gasteiger partial charge in [0.25, 0.3) is 5.91 Å². The van der Waals surface area contributed by atoms with Gasteiger partial charge in [-0.25, -0.2) is 5.43 Å². The number of halogens is 1. The van der Waals surface area contributed by atoms with Crippen LogP contribution in [0.5, 0.6) is 0 Å². The minimum Gasteiger partial charge on any atom is -0.272 e. The Hall–Kier alpha value is -1.87. The summed E-state index contributed by atoms with van der Waals surface area (Å²) in [5.41, 5.74) is 5.36. The number of carbonyl (C=O) groups is 1. The Morgan fingerprint density at radius 3 is 2.50 bits per heavy atom. The molecule has 1 N–H and O–H groups in total. The van der Waals surface area contributed by atoms with Crippen LogP contribution in [-0.4, -0.2) is 27.6 Å². The van der Waals surface area contributed by atoms with Gasteiger partial charge in [0, 0.05) is 10.8 Å². The first-order valence-corrected chi connectivity index (χ1v) is 11.5. The van der Waals surface area contributed by atoms with E-state index in [0.717, 1.165) is 36.3 Å². The highest BCUT2D eigenvalue weighted by atomic mass is 35.5.